The number of ether oxygens (including phenoxy) is 2. The van der Waals surface area contributed by atoms with Crippen molar-refractivity contribution in [3.8, 4) is 16.9 Å². The van der Waals surface area contributed by atoms with Crippen LogP contribution in [0, 0.1) is 0 Å². The molecule has 2 rings (SSSR count). The molecule has 0 saturated heterocycles. The predicted octanol–water partition coefficient (Wildman–Crippen LogP) is 4.09. The predicted molar refractivity (Wildman–Crippen MR) is 72.7 cm³/mol. The third kappa shape index (κ3) is 3.67. The Kier molecular flexibility index (Phi) is 4.56. The van der Waals surface area contributed by atoms with Gasteiger partial charge in [-0.05, 0) is 17.7 Å². The van der Waals surface area contributed by atoms with E-state index in [1.807, 2.05) is 0 Å². The first-order chi connectivity index (χ1) is 10.3. The number of carbonyl (C=O) groups is 1. The number of hydrogen-bond donors (Lipinski definition) is 0. The summed E-state index contributed by atoms with van der Waals surface area (Å²) in [7, 11) is 1.20. The van der Waals surface area contributed by atoms with Crippen molar-refractivity contribution in [2.75, 3.05) is 7.11 Å². The number of pyridine rings is 1. The maximum Gasteiger partial charge on any atom is 0.573 e. The van der Waals surface area contributed by atoms with Gasteiger partial charge in [0.05, 0.1) is 17.7 Å². The molecule has 0 aliphatic carbocycles. The van der Waals surface area contributed by atoms with Crippen LogP contribution < -0.4 is 4.74 Å². The van der Waals surface area contributed by atoms with Crippen LogP contribution in [0.15, 0.2) is 36.7 Å². The first kappa shape index (κ1) is 16.1. The summed E-state index contributed by atoms with van der Waals surface area (Å²) in [6, 6.07) is 4.98. The van der Waals surface area contributed by atoms with Crippen LogP contribution in [0.3, 0.4) is 0 Å². The summed E-state index contributed by atoms with van der Waals surface area (Å²) in [6.45, 7) is 0. The number of esters is 1. The van der Waals surface area contributed by atoms with Gasteiger partial charge in [-0.1, -0.05) is 23.7 Å². The van der Waals surface area contributed by atoms with Gasteiger partial charge in [0.1, 0.15) is 5.75 Å². The highest BCUT2D eigenvalue weighted by Gasteiger charge is 2.31. The highest BCUT2D eigenvalue weighted by molar-refractivity contribution is 6.34. The monoisotopic (exact) mass is 331 g/mol. The number of halogens is 4. The molecule has 116 valence electrons. The van der Waals surface area contributed by atoms with Crippen LogP contribution in [-0.4, -0.2) is 24.4 Å². The number of alkyl halides is 3. The molecule has 0 radical (unpaired) electrons. The quantitative estimate of drug-likeness (QED) is 0.795. The molecule has 0 aliphatic rings. The van der Waals surface area contributed by atoms with Gasteiger partial charge in [-0.3, -0.25) is 4.98 Å². The van der Waals surface area contributed by atoms with Gasteiger partial charge in [0.2, 0.25) is 0 Å². The molecule has 1 aromatic carbocycles. The fraction of sp³-hybridized carbons (Fsp3) is 0.143. The van der Waals surface area contributed by atoms with E-state index in [1.165, 1.54) is 31.6 Å². The van der Waals surface area contributed by atoms with Crippen molar-refractivity contribution in [2.24, 2.45) is 0 Å². The maximum atomic E-state index is 12.1. The molecule has 0 bridgehead atoms. The van der Waals surface area contributed by atoms with E-state index in [0.717, 1.165) is 12.1 Å². The van der Waals surface area contributed by atoms with Gasteiger partial charge in [-0.2, -0.15) is 0 Å². The fourth-order valence-electron chi connectivity index (χ4n) is 1.80. The molecule has 0 saturated carbocycles. The molecule has 1 heterocycles. The number of nitrogens with zero attached hydrogens (tertiary/aromatic N) is 1. The molecule has 1 aromatic heterocycles. The SMILES string of the molecule is COC(=O)c1c(Cl)cncc1-c1ccc(OC(F)(F)F)cc1. The summed E-state index contributed by atoms with van der Waals surface area (Å²) < 4.78 is 44.8. The van der Waals surface area contributed by atoms with Gasteiger partial charge in [0.15, 0.2) is 0 Å². The van der Waals surface area contributed by atoms with E-state index in [2.05, 4.69) is 14.5 Å². The minimum atomic E-state index is -4.77. The zero-order valence-corrected chi connectivity index (χ0v) is 11.9. The fourth-order valence-corrected chi connectivity index (χ4v) is 2.03. The lowest BCUT2D eigenvalue weighted by molar-refractivity contribution is -0.274. The first-order valence-corrected chi connectivity index (χ1v) is 6.27. The van der Waals surface area contributed by atoms with Crippen LogP contribution in [0.25, 0.3) is 11.1 Å². The Labute approximate surface area is 128 Å². The van der Waals surface area contributed by atoms with Crippen LogP contribution in [0.1, 0.15) is 10.4 Å². The summed E-state index contributed by atoms with van der Waals surface area (Å²) in [5.41, 5.74) is 0.881. The molecule has 0 fully saturated rings. The highest BCUT2D eigenvalue weighted by Crippen LogP contribution is 2.31. The van der Waals surface area contributed by atoms with Crippen molar-refractivity contribution in [3.63, 3.8) is 0 Å². The Morgan fingerprint density at radius 1 is 1.18 bits per heavy atom. The topological polar surface area (TPSA) is 48.4 Å². The van der Waals surface area contributed by atoms with Crippen molar-refractivity contribution in [1.29, 1.82) is 0 Å². The molecule has 0 unspecified atom stereocenters. The van der Waals surface area contributed by atoms with Gasteiger partial charge in [-0.25, -0.2) is 4.79 Å². The Bertz CT molecular complexity index is 687. The highest BCUT2D eigenvalue weighted by atomic mass is 35.5. The molecule has 0 atom stereocenters. The van der Waals surface area contributed by atoms with Crippen LogP contribution in [0.4, 0.5) is 13.2 Å². The minimum absolute atomic E-state index is 0.0833. The van der Waals surface area contributed by atoms with Gasteiger partial charge < -0.3 is 9.47 Å². The summed E-state index contributed by atoms with van der Waals surface area (Å²) in [5, 5.41) is 0.0833. The zero-order valence-electron chi connectivity index (χ0n) is 11.1. The number of rotatable bonds is 3. The summed E-state index contributed by atoms with van der Waals surface area (Å²) in [6.07, 6.45) is -2.12. The lowest BCUT2D eigenvalue weighted by Gasteiger charge is -2.11. The number of carbonyl (C=O) groups excluding carboxylic acids is 1. The number of hydrogen-bond acceptors (Lipinski definition) is 4. The van der Waals surface area contributed by atoms with Gasteiger partial charge >= 0.3 is 12.3 Å². The third-order valence-corrected chi connectivity index (χ3v) is 2.97. The van der Waals surface area contributed by atoms with Crippen LogP contribution in [-0.2, 0) is 4.74 Å². The molecule has 0 aliphatic heterocycles. The average Bonchev–Trinajstić information content (AvgIpc) is 2.45. The standard InChI is InChI=1S/C14H9ClF3NO3/c1-21-13(20)12-10(6-19-7-11(12)15)8-2-4-9(5-3-8)22-14(16,17)18/h2-7H,1H3. The van der Waals surface area contributed by atoms with Gasteiger partial charge in [0, 0.05) is 18.0 Å². The maximum absolute atomic E-state index is 12.1. The Morgan fingerprint density at radius 3 is 2.36 bits per heavy atom. The Balaban J connectivity index is 2.41. The molecule has 0 spiro atoms. The van der Waals surface area contributed by atoms with Crippen LogP contribution >= 0.6 is 11.6 Å². The van der Waals surface area contributed by atoms with E-state index >= 15 is 0 Å². The van der Waals surface area contributed by atoms with Crippen molar-refractivity contribution in [2.45, 2.75) is 6.36 Å². The molecule has 0 amide bonds. The van der Waals surface area contributed by atoms with E-state index in [0.29, 0.717) is 11.1 Å². The normalized spacial score (nSPS) is 11.1. The second-order valence-electron chi connectivity index (χ2n) is 4.11. The van der Waals surface area contributed by atoms with Gasteiger partial charge in [0.25, 0.3) is 0 Å². The molecule has 4 nitrogen and oxygen atoms in total. The molecule has 0 N–H and O–H groups in total. The van der Waals surface area contributed by atoms with Crippen molar-refractivity contribution < 1.29 is 27.4 Å². The zero-order chi connectivity index (χ0) is 16.3. The minimum Gasteiger partial charge on any atom is -0.465 e. The van der Waals surface area contributed by atoms with Crippen LogP contribution in [0.2, 0.25) is 5.02 Å². The molecule has 22 heavy (non-hydrogen) atoms. The Morgan fingerprint density at radius 2 is 1.82 bits per heavy atom. The summed E-state index contributed by atoms with van der Waals surface area (Å²) in [5.74, 6) is -1.04. The van der Waals surface area contributed by atoms with Crippen molar-refractivity contribution in [1.82, 2.24) is 4.98 Å². The number of aromatic nitrogens is 1. The van der Waals surface area contributed by atoms with Gasteiger partial charge in [-0.15, -0.1) is 13.2 Å². The van der Waals surface area contributed by atoms with E-state index in [-0.39, 0.29) is 16.3 Å². The third-order valence-electron chi connectivity index (χ3n) is 2.69. The number of benzene rings is 1. The van der Waals surface area contributed by atoms with E-state index < -0.39 is 12.3 Å². The second-order valence-corrected chi connectivity index (χ2v) is 4.51. The second kappa shape index (κ2) is 6.23. The van der Waals surface area contributed by atoms with E-state index in [4.69, 9.17) is 11.6 Å². The number of methoxy groups -OCH3 is 1. The average molecular weight is 332 g/mol. The van der Waals surface area contributed by atoms with E-state index in [9.17, 15) is 18.0 Å². The largest absolute Gasteiger partial charge is 0.573 e. The van der Waals surface area contributed by atoms with Crippen LogP contribution in [0.5, 0.6) is 5.75 Å². The molecular formula is C14H9ClF3NO3. The lowest BCUT2D eigenvalue weighted by atomic mass is 10.0. The molecular weight excluding hydrogens is 323 g/mol. The van der Waals surface area contributed by atoms with Crippen molar-refractivity contribution in [3.05, 3.63) is 47.2 Å². The summed E-state index contributed by atoms with van der Waals surface area (Å²) in [4.78, 5) is 15.6. The summed E-state index contributed by atoms with van der Waals surface area (Å²) >= 11 is 5.93. The van der Waals surface area contributed by atoms with E-state index in [1.54, 1.807) is 0 Å². The Hall–Kier alpha value is -2.28. The first-order valence-electron chi connectivity index (χ1n) is 5.90. The lowest BCUT2D eigenvalue weighted by Crippen LogP contribution is -2.16. The molecule has 2 aromatic rings. The smallest absolute Gasteiger partial charge is 0.465 e. The van der Waals surface area contributed by atoms with Crippen molar-refractivity contribution >= 4 is 17.6 Å². The molecule has 8 heteroatoms.